The molecule has 0 aliphatic carbocycles. The Labute approximate surface area is 156 Å². The Bertz CT molecular complexity index is 961. The van der Waals surface area contributed by atoms with Crippen LogP contribution in [0.1, 0.15) is 11.5 Å². The highest BCUT2D eigenvalue weighted by Gasteiger charge is 2.09. The molecule has 3 rings (SSSR count). The van der Waals surface area contributed by atoms with Gasteiger partial charge in [0.1, 0.15) is 5.75 Å². The van der Waals surface area contributed by atoms with E-state index in [2.05, 4.69) is 10.1 Å². The lowest BCUT2D eigenvalue weighted by Crippen LogP contribution is -2.03. The molecule has 0 aliphatic heterocycles. The summed E-state index contributed by atoms with van der Waals surface area (Å²) < 4.78 is 20.8. The maximum Gasteiger partial charge on any atom is 0.336 e. The van der Waals surface area contributed by atoms with Gasteiger partial charge in [-0.05, 0) is 36.4 Å². The van der Waals surface area contributed by atoms with Crippen molar-refractivity contribution in [3.63, 3.8) is 0 Å². The van der Waals surface area contributed by atoms with E-state index in [-0.39, 0.29) is 0 Å². The van der Waals surface area contributed by atoms with Gasteiger partial charge in [-0.15, -0.1) is 0 Å². The molecule has 0 saturated carbocycles. The monoisotopic (exact) mass is 366 g/mol. The highest BCUT2D eigenvalue weighted by Crippen LogP contribution is 2.31. The number of methoxy groups -OCH3 is 2. The van der Waals surface area contributed by atoms with Gasteiger partial charge in [0.25, 0.3) is 0 Å². The molecule has 1 aromatic heterocycles. The maximum absolute atomic E-state index is 12.1. The molecule has 0 aliphatic rings. The van der Waals surface area contributed by atoms with E-state index in [1.807, 2.05) is 12.1 Å². The van der Waals surface area contributed by atoms with Gasteiger partial charge in [-0.3, -0.25) is 0 Å². The van der Waals surface area contributed by atoms with Gasteiger partial charge in [-0.25, -0.2) is 4.79 Å². The molecular weight excluding hydrogens is 348 g/mol. The van der Waals surface area contributed by atoms with Crippen molar-refractivity contribution in [1.29, 1.82) is 0 Å². The summed E-state index contributed by atoms with van der Waals surface area (Å²) in [5.41, 5.74) is 1.47. The molecule has 0 spiro atoms. The summed E-state index contributed by atoms with van der Waals surface area (Å²) in [4.78, 5) is 16.2. The Kier molecular flexibility index (Phi) is 5.51. The average molecular weight is 366 g/mol. The number of rotatable bonds is 6. The van der Waals surface area contributed by atoms with Crippen LogP contribution in [-0.2, 0) is 4.79 Å². The molecule has 0 N–H and O–H groups in total. The van der Waals surface area contributed by atoms with Crippen molar-refractivity contribution in [2.24, 2.45) is 0 Å². The summed E-state index contributed by atoms with van der Waals surface area (Å²) >= 11 is 0. The van der Waals surface area contributed by atoms with Crippen molar-refractivity contribution in [3.05, 3.63) is 60.0 Å². The largest absolute Gasteiger partial charge is 0.493 e. The van der Waals surface area contributed by atoms with Crippen molar-refractivity contribution >= 4 is 12.0 Å². The number of para-hydroxylation sites is 1. The third-order valence-corrected chi connectivity index (χ3v) is 3.69. The minimum absolute atomic E-state index is 0.409. The Balaban J connectivity index is 1.68. The summed E-state index contributed by atoms with van der Waals surface area (Å²) in [6.45, 7) is 1.72. The van der Waals surface area contributed by atoms with Gasteiger partial charge in [-0.1, -0.05) is 17.3 Å². The van der Waals surface area contributed by atoms with Crippen molar-refractivity contribution in [1.82, 2.24) is 10.1 Å². The Hall–Kier alpha value is -3.61. The second-order valence-electron chi connectivity index (χ2n) is 5.50. The van der Waals surface area contributed by atoms with E-state index >= 15 is 0 Å². The van der Waals surface area contributed by atoms with E-state index in [0.29, 0.717) is 34.5 Å². The van der Waals surface area contributed by atoms with Crippen LogP contribution in [0.4, 0.5) is 0 Å². The van der Waals surface area contributed by atoms with Crippen LogP contribution in [0.5, 0.6) is 17.2 Å². The number of carbonyl (C=O) groups excluding carboxylic acids is 1. The minimum Gasteiger partial charge on any atom is -0.493 e. The minimum atomic E-state index is -0.511. The SMILES string of the molecule is COc1cccc(C=CC(=O)Oc2ccc(-c3noc(C)n3)cc2)c1OC. The highest BCUT2D eigenvalue weighted by molar-refractivity contribution is 5.89. The molecular formula is C20H18N2O5. The van der Waals surface area contributed by atoms with Gasteiger partial charge in [-0.2, -0.15) is 4.98 Å². The highest BCUT2D eigenvalue weighted by atomic mass is 16.5. The molecule has 0 radical (unpaired) electrons. The molecule has 2 aromatic carbocycles. The molecule has 0 atom stereocenters. The number of aryl methyl sites for hydroxylation is 1. The van der Waals surface area contributed by atoms with Crippen LogP contribution in [0.15, 0.2) is 53.1 Å². The van der Waals surface area contributed by atoms with E-state index < -0.39 is 5.97 Å². The fourth-order valence-electron chi connectivity index (χ4n) is 2.44. The van der Waals surface area contributed by atoms with E-state index in [9.17, 15) is 4.79 Å². The van der Waals surface area contributed by atoms with Crippen LogP contribution in [0.3, 0.4) is 0 Å². The topological polar surface area (TPSA) is 83.7 Å². The lowest BCUT2D eigenvalue weighted by Gasteiger charge is -2.09. The van der Waals surface area contributed by atoms with Crippen LogP contribution in [0.25, 0.3) is 17.5 Å². The van der Waals surface area contributed by atoms with Gasteiger partial charge in [0.2, 0.25) is 11.7 Å². The van der Waals surface area contributed by atoms with E-state index in [1.165, 1.54) is 6.08 Å². The molecule has 7 nitrogen and oxygen atoms in total. The van der Waals surface area contributed by atoms with Crippen LogP contribution in [-0.4, -0.2) is 30.3 Å². The van der Waals surface area contributed by atoms with Crippen LogP contribution < -0.4 is 14.2 Å². The van der Waals surface area contributed by atoms with Gasteiger partial charge >= 0.3 is 5.97 Å². The average Bonchev–Trinajstić information content (AvgIpc) is 3.12. The number of hydrogen-bond acceptors (Lipinski definition) is 7. The first-order valence-corrected chi connectivity index (χ1v) is 8.12. The standard InChI is InChI=1S/C20H18N2O5/c1-13-21-20(22-27-13)15-7-10-16(11-8-15)26-18(23)12-9-14-5-4-6-17(24-2)19(14)25-3/h4-12H,1-3H3. The molecule has 3 aromatic rings. The fraction of sp³-hybridized carbons (Fsp3) is 0.150. The Morgan fingerprint density at radius 1 is 1.07 bits per heavy atom. The number of nitrogens with zero attached hydrogens (tertiary/aromatic N) is 2. The van der Waals surface area contributed by atoms with Crippen molar-refractivity contribution in [2.75, 3.05) is 14.2 Å². The van der Waals surface area contributed by atoms with E-state index in [1.54, 1.807) is 57.6 Å². The molecule has 138 valence electrons. The number of hydrogen-bond donors (Lipinski definition) is 0. The predicted molar refractivity (Wildman–Crippen MR) is 98.7 cm³/mol. The zero-order valence-electron chi connectivity index (χ0n) is 15.1. The van der Waals surface area contributed by atoms with Gasteiger partial charge < -0.3 is 18.7 Å². The first-order chi connectivity index (χ1) is 13.1. The summed E-state index contributed by atoms with van der Waals surface area (Å²) in [5, 5.41) is 3.84. The van der Waals surface area contributed by atoms with Crippen molar-refractivity contribution in [2.45, 2.75) is 6.92 Å². The van der Waals surface area contributed by atoms with E-state index in [0.717, 1.165) is 5.56 Å². The van der Waals surface area contributed by atoms with Crippen LogP contribution in [0, 0.1) is 6.92 Å². The maximum atomic E-state index is 12.1. The quantitative estimate of drug-likeness (QED) is 0.374. The molecule has 0 bridgehead atoms. The number of carbonyl (C=O) groups is 1. The molecule has 0 fully saturated rings. The summed E-state index contributed by atoms with van der Waals surface area (Å²) in [6, 6.07) is 12.2. The number of esters is 1. The van der Waals surface area contributed by atoms with Gasteiger partial charge in [0.15, 0.2) is 11.5 Å². The number of ether oxygens (including phenoxy) is 3. The van der Waals surface area contributed by atoms with Crippen molar-refractivity contribution in [3.8, 4) is 28.6 Å². The second kappa shape index (κ2) is 8.18. The predicted octanol–water partition coefficient (Wildman–Crippen LogP) is 3.68. The third-order valence-electron chi connectivity index (χ3n) is 3.69. The molecule has 1 heterocycles. The smallest absolute Gasteiger partial charge is 0.336 e. The molecule has 7 heteroatoms. The summed E-state index contributed by atoms with van der Waals surface area (Å²) in [7, 11) is 3.10. The molecule has 0 saturated heterocycles. The van der Waals surface area contributed by atoms with Crippen LogP contribution >= 0.6 is 0 Å². The first-order valence-electron chi connectivity index (χ1n) is 8.12. The zero-order chi connectivity index (χ0) is 19.2. The second-order valence-corrected chi connectivity index (χ2v) is 5.50. The normalized spacial score (nSPS) is 10.8. The van der Waals surface area contributed by atoms with Crippen LogP contribution in [0.2, 0.25) is 0 Å². The lowest BCUT2D eigenvalue weighted by molar-refractivity contribution is -0.128. The number of benzene rings is 2. The molecule has 0 amide bonds. The first kappa shape index (κ1) is 18.2. The third kappa shape index (κ3) is 4.33. The fourth-order valence-corrected chi connectivity index (χ4v) is 2.44. The summed E-state index contributed by atoms with van der Waals surface area (Å²) in [5.74, 6) is 1.99. The van der Waals surface area contributed by atoms with E-state index in [4.69, 9.17) is 18.7 Å². The number of aromatic nitrogens is 2. The Morgan fingerprint density at radius 2 is 1.85 bits per heavy atom. The zero-order valence-corrected chi connectivity index (χ0v) is 15.1. The molecule has 0 unspecified atom stereocenters. The lowest BCUT2D eigenvalue weighted by atomic mass is 10.1. The molecule has 27 heavy (non-hydrogen) atoms. The van der Waals surface area contributed by atoms with Gasteiger partial charge in [0.05, 0.1) is 14.2 Å². The summed E-state index contributed by atoms with van der Waals surface area (Å²) in [6.07, 6.45) is 2.94. The Morgan fingerprint density at radius 3 is 2.48 bits per heavy atom. The van der Waals surface area contributed by atoms with Gasteiger partial charge in [0, 0.05) is 24.1 Å². The van der Waals surface area contributed by atoms with Crippen molar-refractivity contribution < 1.29 is 23.5 Å².